The molecule has 0 saturated carbocycles. The Labute approximate surface area is 118 Å². The molecule has 0 atom stereocenters. The summed E-state index contributed by atoms with van der Waals surface area (Å²) in [5.41, 5.74) is 1.45. The van der Waals surface area contributed by atoms with E-state index >= 15 is 0 Å². The van der Waals surface area contributed by atoms with Crippen LogP contribution in [0.1, 0.15) is 16.9 Å². The molecule has 1 fully saturated rings. The third kappa shape index (κ3) is 3.16. The number of amides is 1. The van der Waals surface area contributed by atoms with Gasteiger partial charge in [-0.15, -0.1) is 11.3 Å². The fourth-order valence-electron chi connectivity index (χ4n) is 2.72. The van der Waals surface area contributed by atoms with Crippen molar-refractivity contribution in [2.75, 3.05) is 39.4 Å². The van der Waals surface area contributed by atoms with Crippen LogP contribution in [0, 0.1) is 0 Å². The van der Waals surface area contributed by atoms with Crippen LogP contribution in [0.2, 0.25) is 0 Å². The van der Waals surface area contributed by atoms with E-state index in [2.05, 4.69) is 16.3 Å². The molecule has 5 heteroatoms. The van der Waals surface area contributed by atoms with Gasteiger partial charge in [0.25, 0.3) is 0 Å². The van der Waals surface area contributed by atoms with E-state index in [4.69, 9.17) is 4.74 Å². The molecule has 1 aromatic heterocycles. The Morgan fingerprint density at radius 2 is 2.16 bits per heavy atom. The highest BCUT2D eigenvalue weighted by atomic mass is 32.1. The Hall–Kier alpha value is -0.910. The lowest BCUT2D eigenvalue weighted by Gasteiger charge is -2.30. The van der Waals surface area contributed by atoms with E-state index in [0.29, 0.717) is 19.6 Å². The monoisotopic (exact) mass is 280 g/mol. The maximum atomic E-state index is 12.1. The highest BCUT2D eigenvalue weighted by molar-refractivity contribution is 7.10. The van der Waals surface area contributed by atoms with E-state index in [1.165, 1.54) is 10.4 Å². The van der Waals surface area contributed by atoms with E-state index in [0.717, 1.165) is 39.1 Å². The fraction of sp³-hybridized carbons (Fsp3) is 0.643. The molecule has 0 aliphatic carbocycles. The fourth-order valence-corrected chi connectivity index (χ4v) is 3.61. The van der Waals surface area contributed by atoms with Gasteiger partial charge in [-0.3, -0.25) is 9.69 Å². The minimum Gasteiger partial charge on any atom is -0.378 e. The van der Waals surface area contributed by atoms with Gasteiger partial charge in [-0.2, -0.15) is 0 Å². The molecular weight excluding hydrogens is 260 g/mol. The topological polar surface area (TPSA) is 32.8 Å². The number of morpholine rings is 1. The smallest absolute Gasteiger partial charge is 0.224 e. The van der Waals surface area contributed by atoms with Gasteiger partial charge >= 0.3 is 0 Å². The minimum absolute atomic E-state index is 0.277. The summed E-state index contributed by atoms with van der Waals surface area (Å²) >= 11 is 1.86. The van der Waals surface area contributed by atoms with Gasteiger partial charge in [-0.25, -0.2) is 0 Å². The summed E-state index contributed by atoms with van der Waals surface area (Å²) < 4.78 is 5.27. The molecule has 1 amide bonds. The molecule has 0 unspecified atom stereocenters. The molecule has 3 rings (SSSR count). The van der Waals surface area contributed by atoms with Crippen LogP contribution in [0.15, 0.2) is 11.4 Å². The molecule has 1 aromatic rings. The van der Waals surface area contributed by atoms with Crippen molar-refractivity contribution in [2.45, 2.75) is 19.4 Å². The van der Waals surface area contributed by atoms with Crippen molar-refractivity contribution in [3.63, 3.8) is 0 Å². The van der Waals surface area contributed by atoms with Crippen LogP contribution in [-0.4, -0.2) is 55.1 Å². The Morgan fingerprint density at radius 3 is 3.00 bits per heavy atom. The largest absolute Gasteiger partial charge is 0.378 e. The van der Waals surface area contributed by atoms with Crippen LogP contribution in [0.5, 0.6) is 0 Å². The molecule has 0 bridgehead atoms. The van der Waals surface area contributed by atoms with E-state index in [1.807, 2.05) is 16.2 Å². The lowest BCUT2D eigenvalue weighted by molar-refractivity contribution is -0.135. The van der Waals surface area contributed by atoms with Crippen molar-refractivity contribution < 1.29 is 9.53 Å². The van der Waals surface area contributed by atoms with Crippen LogP contribution in [0.4, 0.5) is 0 Å². The molecule has 2 aliphatic heterocycles. The van der Waals surface area contributed by atoms with Crippen LogP contribution in [0.25, 0.3) is 0 Å². The van der Waals surface area contributed by atoms with Gasteiger partial charge in [0.2, 0.25) is 5.91 Å². The summed E-state index contributed by atoms with van der Waals surface area (Å²) in [6, 6.07) is 2.22. The van der Waals surface area contributed by atoms with Crippen LogP contribution < -0.4 is 0 Å². The zero-order chi connectivity index (χ0) is 13.1. The Kier molecular flexibility index (Phi) is 4.15. The number of rotatable bonds is 3. The van der Waals surface area contributed by atoms with Gasteiger partial charge in [0.15, 0.2) is 0 Å². The Bertz CT molecular complexity index is 440. The number of hydrogen-bond donors (Lipinski definition) is 0. The summed E-state index contributed by atoms with van der Waals surface area (Å²) in [5.74, 6) is 0.277. The molecule has 0 aromatic carbocycles. The number of carbonyl (C=O) groups is 1. The van der Waals surface area contributed by atoms with E-state index in [-0.39, 0.29) is 5.91 Å². The van der Waals surface area contributed by atoms with Gasteiger partial charge in [0.05, 0.1) is 13.2 Å². The average Bonchev–Trinajstić information content (AvgIpc) is 2.93. The second-order valence-electron chi connectivity index (χ2n) is 5.14. The van der Waals surface area contributed by atoms with Crippen LogP contribution in [-0.2, 0) is 22.5 Å². The van der Waals surface area contributed by atoms with Crippen molar-refractivity contribution in [3.8, 4) is 0 Å². The number of fused-ring (bicyclic) bond motifs is 1. The van der Waals surface area contributed by atoms with Crippen molar-refractivity contribution in [1.29, 1.82) is 0 Å². The first kappa shape index (κ1) is 13.1. The van der Waals surface area contributed by atoms with Crippen molar-refractivity contribution in [2.24, 2.45) is 0 Å². The summed E-state index contributed by atoms with van der Waals surface area (Å²) in [7, 11) is 0. The molecule has 0 N–H and O–H groups in total. The second kappa shape index (κ2) is 6.03. The third-order valence-electron chi connectivity index (χ3n) is 3.89. The molecular formula is C14H20N2O2S. The highest BCUT2D eigenvalue weighted by Crippen LogP contribution is 2.23. The van der Waals surface area contributed by atoms with Gasteiger partial charge in [0, 0.05) is 44.0 Å². The first-order chi connectivity index (χ1) is 9.33. The molecule has 4 nitrogen and oxygen atoms in total. The van der Waals surface area contributed by atoms with E-state index in [1.54, 1.807) is 0 Å². The van der Waals surface area contributed by atoms with Crippen molar-refractivity contribution in [1.82, 2.24) is 9.80 Å². The summed E-state index contributed by atoms with van der Waals surface area (Å²) in [5, 5.41) is 2.17. The molecule has 1 saturated heterocycles. The summed E-state index contributed by atoms with van der Waals surface area (Å²) in [6.07, 6.45) is 1.78. The maximum absolute atomic E-state index is 12.1. The molecule has 0 spiro atoms. The van der Waals surface area contributed by atoms with Crippen LogP contribution >= 0.6 is 11.3 Å². The maximum Gasteiger partial charge on any atom is 0.224 e. The summed E-state index contributed by atoms with van der Waals surface area (Å²) in [6.45, 7) is 5.87. The zero-order valence-electron chi connectivity index (χ0n) is 11.1. The molecule has 19 heavy (non-hydrogen) atoms. The lowest BCUT2D eigenvalue weighted by atomic mass is 10.1. The van der Waals surface area contributed by atoms with Crippen molar-refractivity contribution in [3.05, 3.63) is 21.9 Å². The number of ether oxygens (including phenoxy) is 1. The molecule has 2 aliphatic rings. The molecule has 0 radical (unpaired) electrons. The van der Waals surface area contributed by atoms with Gasteiger partial charge in [-0.1, -0.05) is 0 Å². The van der Waals surface area contributed by atoms with Gasteiger partial charge < -0.3 is 9.64 Å². The predicted octanol–water partition coefficient (Wildman–Crippen LogP) is 1.36. The SMILES string of the molecule is O=C(CCN1CCc2sccc2C1)N1CCOCC1. The standard InChI is InChI=1S/C14H20N2O2S/c17-14(16-6-8-18-9-7-16)2-5-15-4-1-13-12(11-15)3-10-19-13/h3,10H,1-2,4-9,11H2. The first-order valence-electron chi connectivity index (χ1n) is 6.96. The number of thiophene rings is 1. The predicted molar refractivity (Wildman–Crippen MR) is 75.3 cm³/mol. The average molecular weight is 280 g/mol. The number of carbonyl (C=O) groups excluding carboxylic acids is 1. The van der Waals surface area contributed by atoms with Crippen molar-refractivity contribution >= 4 is 17.2 Å². The quantitative estimate of drug-likeness (QED) is 0.838. The van der Waals surface area contributed by atoms with E-state index < -0.39 is 0 Å². The highest BCUT2D eigenvalue weighted by Gasteiger charge is 2.20. The first-order valence-corrected chi connectivity index (χ1v) is 7.84. The van der Waals surface area contributed by atoms with E-state index in [9.17, 15) is 4.79 Å². The third-order valence-corrected chi connectivity index (χ3v) is 4.92. The molecule has 104 valence electrons. The molecule has 3 heterocycles. The Balaban J connectivity index is 1.46. The number of hydrogen-bond acceptors (Lipinski definition) is 4. The van der Waals surface area contributed by atoms with Gasteiger partial charge in [0.1, 0.15) is 0 Å². The van der Waals surface area contributed by atoms with Crippen LogP contribution in [0.3, 0.4) is 0 Å². The minimum atomic E-state index is 0.277. The summed E-state index contributed by atoms with van der Waals surface area (Å²) in [4.78, 5) is 17.9. The second-order valence-corrected chi connectivity index (χ2v) is 6.14. The normalized spacial score (nSPS) is 20.3. The number of nitrogens with zero attached hydrogens (tertiary/aromatic N) is 2. The van der Waals surface area contributed by atoms with Gasteiger partial charge in [-0.05, 0) is 23.4 Å². The Morgan fingerprint density at radius 1 is 1.32 bits per heavy atom. The lowest BCUT2D eigenvalue weighted by Crippen LogP contribution is -2.42. The zero-order valence-corrected chi connectivity index (χ0v) is 12.0.